The average Bonchev–Trinajstić information content (AvgIpc) is 3.08. The Morgan fingerprint density at radius 3 is 3.04 bits per heavy atom. The quantitative estimate of drug-likeness (QED) is 0.770. The highest BCUT2D eigenvalue weighted by Crippen LogP contribution is 2.29. The summed E-state index contributed by atoms with van der Waals surface area (Å²) in [4.78, 5) is 26.3. The highest BCUT2D eigenvalue weighted by atomic mass is 16.1. The Balaban J connectivity index is 1.61. The summed E-state index contributed by atoms with van der Waals surface area (Å²) >= 11 is 0. The molecule has 3 heterocycles. The summed E-state index contributed by atoms with van der Waals surface area (Å²) in [6.07, 6.45) is 3.79. The Bertz CT molecular complexity index is 932. The van der Waals surface area contributed by atoms with E-state index in [-0.39, 0.29) is 0 Å². The van der Waals surface area contributed by atoms with Gasteiger partial charge in [0.15, 0.2) is 0 Å². The van der Waals surface area contributed by atoms with Gasteiger partial charge in [0.2, 0.25) is 5.91 Å². The van der Waals surface area contributed by atoms with Crippen LogP contribution in [0.15, 0.2) is 36.5 Å². The van der Waals surface area contributed by atoms with Crippen molar-refractivity contribution in [2.45, 2.75) is 25.7 Å². The van der Waals surface area contributed by atoms with Crippen LogP contribution in [-0.2, 0) is 0 Å². The highest BCUT2D eigenvalue weighted by Gasteiger charge is 2.25. The third-order valence-corrected chi connectivity index (χ3v) is 4.89. The van der Waals surface area contributed by atoms with Crippen molar-refractivity contribution < 1.29 is 4.79 Å². The van der Waals surface area contributed by atoms with E-state index >= 15 is 0 Å². The number of aromatic amines is 1. The van der Waals surface area contributed by atoms with Crippen LogP contribution in [0.2, 0.25) is 0 Å². The summed E-state index contributed by atoms with van der Waals surface area (Å²) in [5.74, 6) is 1.72. The number of H-pyrrole nitrogens is 1. The second-order valence-electron chi connectivity index (χ2n) is 6.65. The number of nitrogens with one attached hydrogen (secondary N) is 1. The van der Waals surface area contributed by atoms with E-state index in [1.807, 2.05) is 6.07 Å². The van der Waals surface area contributed by atoms with Gasteiger partial charge < -0.3 is 15.6 Å². The molecular formula is C19H21N5O. The van der Waals surface area contributed by atoms with Crippen molar-refractivity contribution in [2.24, 2.45) is 5.73 Å². The van der Waals surface area contributed by atoms with Crippen molar-refractivity contribution in [2.75, 3.05) is 18.0 Å². The van der Waals surface area contributed by atoms with E-state index in [0.29, 0.717) is 11.5 Å². The smallest absolute Gasteiger partial charge is 0.248 e. The van der Waals surface area contributed by atoms with E-state index in [1.165, 1.54) is 5.56 Å². The van der Waals surface area contributed by atoms with Crippen LogP contribution in [0.3, 0.4) is 0 Å². The lowest BCUT2D eigenvalue weighted by Crippen LogP contribution is -2.35. The minimum atomic E-state index is -0.426. The van der Waals surface area contributed by atoms with Crippen LogP contribution in [0.4, 0.5) is 5.82 Å². The molecule has 1 saturated heterocycles. The number of anilines is 1. The fraction of sp³-hybridized carbons (Fsp3) is 0.316. The Labute approximate surface area is 146 Å². The minimum Gasteiger partial charge on any atom is -0.366 e. The van der Waals surface area contributed by atoms with E-state index in [0.717, 1.165) is 48.6 Å². The number of nitrogens with zero attached hydrogens (tertiary/aromatic N) is 3. The van der Waals surface area contributed by atoms with Gasteiger partial charge in [-0.3, -0.25) is 4.79 Å². The number of carbonyl (C=O) groups is 1. The number of rotatable bonds is 3. The molecule has 25 heavy (non-hydrogen) atoms. The zero-order valence-electron chi connectivity index (χ0n) is 14.2. The molecule has 0 bridgehead atoms. The zero-order valence-corrected chi connectivity index (χ0v) is 14.2. The molecule has 4 rings (SSSR count). The molecule has 0 radical (unpaired) electrons. The van der Waals surface area contributed by atoms with E-state index in [9.17, 15) is 4.79 Å². The number of carbonyl (C=O) groups excluding carboxylic acids is 1. The van der Waals surface area contributed by atoms with Gasteiger partial charge in [-0.2, -0.15) is 0 Å². The topological polar surface area (TPSA) is 87.9 Å². The molecule has 0 spiro atoms. The van der Waals surface area contributed by atoms with E-state index in [2.05, 4.69) is 33.9 Å². The fourth-order valence-electron chi connectivity index (χ4n) is 3.54. The lowest BCUT2D eigenvalue weighted by atomic mass is 9.97. The molecule has 1 aliphatic rings. The van der Waals surface area contributed by atoms with E-state index in [1.54, 1.807) is 18.3 Å². The molecule has 0 aliphatic carbocycles. The van der Waals surface area contributed by atoms with Crippen LogP contribution in [0.5, 0.6) is 0 Å². The fourth-order valence-corrected chi connectivity index (χ4v) is 3.54. The SMILES string of the molecule is Cc1cccc2[nH]c([C@H]3CCCN(c4cc(C(N)=O)ccn4)C3)nc12. The first kappa shape index (κ1) is 15.6. The van der Waals surface area contributed by atoms with Gasteiger partial charge in [0, 0.05) is 30.8 Å². The number of piperidine rings is 1. The lowest BCUT2D eigenvalue weighted by molar-refractivity contribution is 0.1000. The van der Waals surface area contributed by atoms with Crippen LogP contribution in [-0.4, -0.2) is 33.9 Å². The first-order valence-electron chi connectivity index (χ1n) is 8.58. The Morgan fingerprint density at radius 1 is 1.36 bits per heavy atom. The van der Waals surface area contributed by atoms with Crippen LogP contribution in [0.25, 0.3) is 11.0 Å². The number of amides is 1. The molecule has 3 N–H and O–H groups in total. The van der Waals surface area contributed by atoms with Gasteiger partial charge in [-0.1, -0.05) is 12.1 Å². The summed E-state index contributed by atoms with van der Waals surface area (Å²) in [6, 6.07) is 9.62. The molecule has 1 aliphatic heterocycles. The zero-order chi connectivity index (χ0) is 17.4. The molecule has 6 heteroatoms. The van der Waals surface area contributed by atoms with Crippen molar-refractivity contribution in [3.8, 4) is 0 Å². The second-order valence-corrected chi connectivity index (χ2v) is 6.65. The standard InChI is InChI=1S/C19H21N5O/c1-12-4-2-6-15-17(12)23-19(22-15)14-5-3-9-24(11-14)16-10-13(18(20)25)7-8-21-16/h2,4,6-8,10,14H,3,5,9,11H2,1H3,(H2,20,25)(H,22,23)/t14-/m0/s1. The van der Waals surface area contributed by atoms with Crippen molar-refractivity contribution in [1.82, 2.24) is 15.0 Å². The molecule has 0 saturated carbocycles. The minimum absolute atomic E-state index is 0.319. The molecule has 3 aromatic rings. The molecule has 2 aromatic heterocycles. The third kappa shape index (κ3) is 2.95. The highest BCUT2D eigenvalue weighted by molar-refractivity contribution is 5.93. The summed E-state index contributed by atoms with van der Waals surface area (Å²) in [6.45, 7) is 3.83. The molecule has 128 valence electrons. The number of pyridine rings is 1. The maximum Gasteiger partial charge on any atom is 0.248 e. The summed E-state index contributed by atoms with van der Waals surface area (Å²) in [5.41, 5.74) is 9.19. The number of imidazole rings is 1. The number of aryl methyl sites for hydroxylation is 1. The van der Waals surface area contributed by atoms with Crippen molar-refractivity contribution in [1.29, 1.82) is 0 Å². The van der Waals surface area contributed by atoms with Gasteiger partial charge in [-0.15, -0.1) is 0 Å². The van der Waals surface area contributed by atoms with E-state index < -0.39 is 5.91 Å². The Morgan fingerprint density at radius 2 is 2.24 bits per heavy atom. The van der Waals surface area contributed by atoms with Gasteiger partial charge in [0.05, 0.1) is 11.0 Å². The molecule has 0 unspecified atom stereocenters. The molecular weight excluding hydrogens is 314 g/mol. The Kier molecular flexibility index (Phi) is 3.87. The van der Waals surface area contributed by atoms with Crippen LogP contribution >= 0.6 is 0 Å². The van der Waals surface area contributed by atoms with Crippen molar-refractivity contribution in [3.63, 3.8) is 0 Å². The number of hydrogen-bond acceptors (Lipinski definition) is 4. The number of hydrogen-bond donors (Lipinski definition) is 2. The number of primary amides is 1. The predicted octanol–water partition coefficient (Wildman–Crippen LogP) is 2.75. The van der Waals surface area contributed by atoms with Gasteiger partial charge in [-0.05, 0) is 43.5 Å². The Hall–Kier alpha value is -2.89. The number of aromatic nitrogens is 3. The number of benzene rings is 1. The second kappa shape index (κ2) is 6.20. The predicted molar refractivity (Wildman–Crippen MR) is 97.8 cm³/mol. The number of para-hydroxylation sites is 1. The maximum absolute atomic E-state index is 11.4. The van der Waals surface area contributed by atoms with Crippen LogP contribution < -0.4 is 10.6 Å². The molecule has 1 fully saturated rings. The van der Waals surface area contributed by atoms with Crippen molar-refractivity contribution >= 4 is 22.8 Å². The maximum atomic E-state index is 11.4. The monoisotopic (exact) mass is 335 g/mol. The van der Waals surface area contributed by atoms with Gasteiger partial charge in [0.1, 0.15) is 11.6 Å². The first-order valence-corrected chi connectivity index (χ1v) is 8.58. The third-order valence-electron chi connectivity index (χ3n) is 4.89. The summed E-state index contributed by atoms with van der Waals surface area (Å²) in [5, 5.41) is 0. The van der Waals surface area contributed by atoms with Crippen LogP contribution in [0, 0.1) is 6.92 Å². The molecule has 1 atom stereocenters. The molecule has 1 aromatic carbocycles. The normalized spacial score (nSPS) is 17.8. The average molecular weight is 335 g/mol. The van der Waals surface area contributed by atoms with Crippen molar-refractivity contribution in [3.05, 3.63) is 53.5 Å². The van der Waals surface area contributed by atoms with Gasteiger partial charge in [0.25, 0.3) is 0 Å². The molecule has 6 nitrogen and oxygen atoms in total. The lowest BCUT2D eigenvalue weighted by Gasteiger charge is -2.32. The summed E-state index contributed by atoms with van der Waals surface area (Å²) in [7, 11) is 0. The van der Waals surface area contributed by atoms with E-state index in [4.69, 9.17) is 10.7 Å². The number of fused-ring (bicyclic) bond motifs is 1. The molecule has 1 amide bonds. The number of nitrogens with two attached hydrogens (primary N) is 1. The van der Waals surface area contributed by atoms with Crippen LogP contribution in [0.1, 0.15) is 40.5 Å². The first-order chi connectivity index (χ1) is 12.1. The van der Waals surface area contributed by atoms with Gasteiger partial charge >= 0.3 is 0 Å². The van der Waals surface area contributed by atoms with Gasteiger partial charge in [-0.25, -0.2) is 9.97 Å². The summed E-state index contributed by atoms with van der Waals surface area (Å²) < 4.78 is 0. The largest absolute Gasteiger partial charge is 0.366 e.